The Morgan fingerprint density at radius 1 is 1.16 bits per heavy atom. The van der Waals surface area contributed by atoms with E-state index in [1.54, 1.807) is 4.90 Å². The van der Waals surface area contributed by atoms with Crippen LogP contribution in [0.25, 0.3) is 0 Å². The third kappa shape index (κ3) is 5.91. The summed E-state index contributed by atoms with van der Waals surface area (Å²) < 4.78 is 2.06. The molecular formula is C20H33N3O2. The number of nitrogens with zero attached hydrogens (tertiary/aromatic N) is 3. The molecule has 2 rings (SSSR count). The van der Waals surface area contributed by atoms with Gasteiger partial charge in [-0.25, -0.2) is 0 Å². The number of unbranched alkanes of at least 4 members (excludes halogenated alkanes) is 2. The van der Waals surface area contributed by atoms with Crippen LogP contribution in [-0.4, -0.2) is 45.3 Å². The van der Waals surface area contributed by atoms with Crippen molar-refractivity contribution in [1.29, 1.82) is 0 Å². The van der Waals surface area contributed by atoms with Crippen molar-refractivity contribution < 1.29 is 9.59 Å². The summed E-state index contributed by atoms with van der Waals surface area (Å²) in [6.07, 6.45) is 8.59. The highest BCUT2D eigenvalue weighted by atomic mass is 16.2. The molecular weight excluding hydrogens is 314 g/mol. The van der Waals surface area contributed by atoms with Crippen molar-refractivity contribution in [2.75, 3.05) is 13.1 Å². The van der Waals surface area contributed by atoms with Gasteiger partial charge < -0.3 is 14.4 Å². The maximum Gasteiger partial charge on any atom is 0.242 e. The lowest BCUT2D eigenvalue weighted by atomic mass is 10.2. The number of carbonyl (C=O) groups is 2. The molecule has 1 saturated carbocycles. The van der Waals surface area contributed by atoms with Crippen molar-refractivity contribution in [1.82, 2.24) is 14.4 Å². The predicted molar refractivity (Wildman–Crippen MR) is 100.0 cm³/mol. The zero-order valence-electron chi connectivity index (χ0n) is 16.0. The second kappa shape index (κ2) is 9.64. The standard InChI is InChI=1S/C20H33N3O2/c1-4-6-10-19(24)22(14-7-5-2)16-20(25)23(17-11-12-17)15-18-9-8-13-21(18)3/h8-9,13,17H,4-7,10-12,14-16H2,1-3H3. The Hall–Kier alpha value is -1.78. The van der Waals surface area contributed by atoms with Gasteiger partial charge in [-0.1, -0.05) is 26.7 Å². The average molecular weight is 348 g/mol. The van der Waals surface area contributed by atoms with E-state index in [0.29, 0.717) is 25.6 Å². The van der Waals surface area contributed by atoms with Gasteiger partial charge >= 0.3 is 0 Å². The molecule has 140 valence electrons. The number of amides is 2. The third-order valence-corrected chi connectivity index (χ3v) is 4.90. The number of hydrogen-bond donors (Lipinski definition) is 0. The second-order valence-corrected chi connectivity index (χ2v) is 7.14. The molecule has 0 N–H and O–H groups in total. The van der Waals surface area contributed by atoms with Crippen LogP contribution in [0.15, 0.2) is 18.3 Å². The lowest BCUT2D eigenvalue weighted by Gasteiger charge is -2.28. The first-order chi connectivity index (χ1) is 12.1. The van der Waals surface area contributed by atoms with Crippen molar-refractivity contribution in [3.8, 4) is 0 Å². The molecule has 0 atom stereocenters. The smallest absolute Gasteiger partial charge is 0.242 e. The van der Waals surface area contributed by atoms with E-state index in [-0.39, 0.29) is 18.4 Å². The van der Waals surface area contributed by atoms with Gasteiger partial charge in [-0.3, -0.25) is 9.59 Å². The van der Waals surface area contributed by atoms with Gasteiger partial charge in [0.05, 0.1) is 13.1 Å². The summed E-state index contributed by atoms with van der Waals surface area (Å²) in [7, 11) is 2.01. The van der Waals surface area contributed by atoms with Crippen LogP contribution in [0.5, 0.6) is 0 Å². The summed E-state index contributed by atoms with van der Waals surface area (Å²) in [5.74, 6) is 0.211. The van der Waals surface area contributed by atoms with E-state index in [0.717, 1.165) is 44.2 Å². The van der Waals surface area contributed by atoms with Gasteiger partial charge in [-0.05, 0) is 37.8 Å². The molecule has 0 spiro atoms. The second-order valence-electron chi connectivity index (χ2n) is 7.14. The molecule has 0 bridgehead atoms. The maximum absolute atomic E-state index is 12.9. The summed E-state index contributed by atoms with van der Waals surface area (Å²) in [6.45, 7) is 5.75. The molecule has 1 aliphatic carbocycles. The topological polar surface area (TPSA) is 45.6 Å². The van der Waals surface area contributed by atoms with Crippen LogP contribution in [0.3, 0.4) is 0 Å². The zero-order valence-corrected chi connectivity index (χ0v) is 16.0. The molecule has 25 heavy (non-hydrogen) atoms. The quantitative estimate of drug-likeness (QED) is 0.616. The summed E-state index contributed by atoms with van der Waals surface area (Å²) in [5.41, 5.74) is 1.14. The molecule has 5 heteroatoms. The van der Waals surface area contributed by atoms with Crippen LogP contribution < -0.4 is 0 Å². The number of rotatable bonds is 11. The van der Waals surface area contributed by atoms with E-state index in [4.69, 9.17) is 0 Å². The van der Waals surface area contributed by atoms with Crippen molar-refractivity contribution >= 4 is 11.8 Å². The number of aromatic nitrogens is 1. The Kier molecular flexibility index (Phi) is 7.53. The minimum absolute atomic E-state index is 0.0876. The van der Waals surface area contributed by atoms with Crippen LogP contribution >= 0.6 is 0 Å². The number of carbonyl (C=O) groups excluding carboxylic acids is 2. The molecule has 1 fully saturated rings. The van der Waals surface area contributed by atoms with Gasteiger partial charge in [0.2, 0.25) is 11.8 Å². The van der Waals surface area contributed by atoms with E-state index in [1.165, 1.54) is 0 Å². The minimum Gasteiger partial charge on any atom is -0.353 e. The fourth-order valence-electron chi connectivity index (χ4n) is 3.02. The van der Waals surface area contributed by atoms with Gasteiger partial charge in [-0.2, -0.15) is 0 Å². The Bertz CT molecular complexity index is 563. The monoisotopic (exact) mass is 347 g/mol. The molecule has 0 radical (unpaired) electrons. The Morgan fingerprint density at radius 3 is 2.44 bits per heavy atom. The molecule has 1 heterocycles. The zero-order chi connectivity index (χ0) is 18.2. The molecule has 5 nitrogen and oxygen atoms in total. The van der Waals surface area contributed by atoms with Crippen molar-refractivity contribution in [2.24, 2.45) is 7.05 Å². The molecule has 0 unspecified atom stereocenters. The van der Waals surface area contributed by atoms with E-state index in [9.17, 15) is 9.59 Å². The van der Waals surface area contributed by atoms with Gasteiger partial charge in [-0.15, -0.1) is 0 Å². The highest BCUT2D eigenvalue weighted by Gasteiger charge is 2.34. The lowest BCUT2D eigenvalue weighted by molar-refractivity contribution is -0.141. The fraction of sp³-hybridized carbons (Fsp3) is 0.700. The highest BCUT2D eigenvalue weighted by Crippen LogP contribution is 2.28. The van der Waals surface area contributed by atoms with Crippen LogP contribution in [0, 0.1) is 0 Å². The Labute approximate surface area is 152 Å². The molecule has 1 aromatic heterocycles. The Morgan fingerprint density at radius 2 is 1.88 bits per heavy atom. The van der Waals surface area contributed by atoms with Crippen LogP contribution in [0.4, 0.5) is 0 Å². The summed E-state index contributed by atoms with van der Waals surface area (Å²) in [4.78, 5) is 29.2. The van der Waals surface area contributed by atoms with Crippen molar-refractivity contribution in [3.63, 3.8) is 0 Å². The summed E-state index contributed by atoms with van der Waals surface area (Å²) in [5, 5.41) is 0. The predicted octanol–water partition coefficient (Wildman–Crippen LogP) is 3.34. The first-order valence-corrected chi connectivity index (χ1v) is 9.74. The highest BCUT2D eigenvalue weighted by molar-refractivity contribution is 5.85. The van der Waals surface area contributed by atoms with Crippen LogP contribution in [0.1, 0.15) is 64.5 Å². The van der Waals surface area contributed by atoms with E-state index >= 15 is 0 Å². The first kappa shape index (κ1) is 19.5. The van der Waals surface area contributed by atoms with Gasteiger partial charge in [0.1, 0.15) is 0 Å². The fourth-order valence-corrected chi connectivity index (χ4v) is 3.02. The first-order valence-electron chi connectivity index (χ1n) is 9.74. The lowest BCUT2D eigenvalue weighted by Crippen LogP contribution is -2.44. The molecule has 0 aliphatic heterocycles. The molecule has 0 aromatic carbocycles. The minimum atomic E-state index is 0.0876. The molecule has 0 saturated heterocycles. The SMILES string of the molecule is CCCCC(=O)N(CCCC)CC(=O)N(Cc1cccn1C)C1CC1. The van der Waals surface area contributed by atoms with Gasteiger partial charge in [0.25, 0.3) is 0 Å². The number of aryl methyl sites for hydroxylation is 1. The molecule has 2 amide bonds. The summed E-state index contributed by atoms with van der Waals surface area (Å²) in [6, 6.07) is 4.41. The van der Waals surface area contributed by atoms with Crippen LogP contribution in [0.2, 0.25) is 0 Å². The van der Waals surface area contributed by atoms with Crippen molar-refractivity contribution in [2.45, 2.75) is 71.4 Å². The third-order valence-electron chi connectivity index (χ3n) is 4.90. The normalized spacial score (nSPS) is 13.7. The largest absolute Gasteiger partial charge is 0.353 e. The maximum atomic E-state index is 12.9. The van der Waals surface area contributed by atoms with Crippen LogP contribution in [-0.2, 0) is 23.2 Å². The van der Waals surface area contributed by atoms with E-state index < -0.39 is 0 Å². The van der Waals surface area contributed by atoms with Gasteiger partial charge in [0, 0.05) is 37.9 Å². The Balaban J connectivity index is 2.00. The average Bonchev–Trinajstić information content (AvgIpc) is 3.36. The molecule has 1 aromatic rings. The molecule has 1 aliphatic rings. The number of hydrogen-bond acceptors (Lipinski definition) is 2. The van der Waals surface area contributed by atoms with E-state index in [2.05, 4.69) is 24.5 Å². The van der Waals surface area contributed by atoms with Crippen molar-refractivity contribution in [3.05, 3.63) is 24.0 Å². The summed E-state index contributed by atoms with van der Waals surface area (Å²) >= 11 is 0. The van der Waals surface area contributed by atoms with Gasteiger partial charge in [0.15, 0.2) is 0 Å². The van der Waals surface area contributed by atoms with E-state index in [1.807, 2.05) is 24.2 Å².